The van der Waals surface area contributed by atoms with Crippen LogP contribution in [0.25, 0.3) is 28.0 Å². The fraction of sp³-hybridized carbons (Fsp3) is 0.217. The topological polar surface area (TPSA) is 70.7 Å². The molecule has 5 aromatic rings. The maximum atomic E-state index is 5.25. The maximum absolute atomic E-state index is 5.25. The van der Waals surface area contributed by atoms with E-state index in [0.29, 0.717) is 5.95 Å². The third kappa shape index (κ3) is 2.82. The molecule has 2 aromatic carbocycles. The minimum atomic E-state index is 0.481. The van der Waals surface area contributed by atoms with Crippen LogP contribution in [-0.4, -0.2) is 36.6 Å². The summed E-state index contributed by atoms with van der Waals surface area (Å²) in [6, 6.07) is 16.2. The van der Waals surface area contributed by atoms with Crippen molar-refractivity contribution in [1.29, 1.82) is 0 Å². The summed E-state index contributed by atoms with van der Waals surface area (Å²) in [6.07, 6.45) is 0.783. The summed E-state index contributed by atoms with van der Waals surface area (Å²) >= 11 is 0. The highest BCUT2D eigenvalue weighted by Crippen LogP contribution is 2.26. The number of aryl methyl sites for hydroxylation is 2. The zero-order valence-electron chi connectivity index (χ0n) is 17.4. The van der Waals surface area contributed by atoms with E-state index in [1.165, 1.54) is 11.1 Å². The molecule has 0 amide bonds. The predicted octanol–water partition coefficient (Wildman–Crippen LogP) is 3.92. The van der Waals surface area contributed by atoms with E-state index in [-0.39, 0.29) is 0 Å². The molecular weight excluding hydrogens is 376 g/mol. The Morgan fingerprint density at radius 2 is 1.73 bits per heavy atom. The molecule has 0 spiro atoms. The first kappa shape index (κ1) is 18.3. The van der Waals surface area contributed by atoms with Crippen molar-refractivity contribution in [2.24, 2.45) is 7.05 Å². The van der Waals surface area contributed by atoms with E-state index in [1.54, 1.807) is 11.8 Å². The van der Waals surface area contributed by atoms with Crippen molar-refractivity contribution < 1.29 is 4.74 Å². The summed E-state index contributed by atoms with van der Waals surface area (Å²) in [5.74, 6) is 1.33. The van der Waals surface area contributed by atoms with Crippen molar-refractivity contribution in [2.45, 2.75) is 20.3 Å². The molecule has 0 aliphatic heterocycles. The molecule has 150 valence electrons. The minimum Gasteiger partial charge on any atom is -0.497 e. The van der Waals surface area contributed by atoms with E-state index in [4.69, 9.17) is 14.8 Å². The van der Waals surface area contributed by atoms with Crippen LogP contribution in [0.1, 0.15) is 22.5 Å². The van der Waals surface area contributed by atoms with E-state index < -0.39 is 0 Å². The molecule has 0 aliphatic rings. The van der Waals surface area contributed by atoms with Gasteiger partial charge in [-0.15, -0.1) is 10.2 Å². The Labute approximate surface area is 174 Å². The van der Waals surface area contributed by atoms with E-state index in [2.05, 4.69) is 28.4 Å². The number of fused-ring (bicyclic) bond motifs is 3. The van der Waals surface area contributed by atoms with Gasteiger partial charge in [-0.25, -0.2) is 4.68 Å². The molecular formula is C23H22N6O. The van der Waals surface area contributed by atoms with Crippen LogP contribution < -0.4 is 4.74 Å². The van der Waals surface area contributed by atoms with Crippen LogP contribution >= 0.6 is 0 Å². The lowest BCUT2D eigenvalue weighted by Crippen LogP contribution is -2.07. The molecule has 0 N–H and O–H groups in total. The molecule has 0 fully saturated rings. The van der Waals surface area contributed by atoms with Crippen molar-refractivity contribution in [2.75, 3.05) is 7.11 Å². The normalized spacial score (nSPS) is 11.5. The first-order valence-electron chi connectivity index (χ1n) is 9.83. The van der Waals surface area contributed by atoms with Gasteiger partial charge in [0.2, 0.25) is 0 Å². The van der Waals surface area contributed by atoms with Crippen LogP contribution in [0.3, 0.4) is 0 Å². The second-order valence-corrected chi connectivity index (χ2v) is 7.45. The molecule has 3 heterocycles. The van der Waals surface area contributed by atoms with Crippen molar-refractivity contribution >= 4 is 22.1 Å². The summed E-state index contributed by atoms with van der Waals surface area (Å²) < 4.78 is 9.09. The summed E-state index contributed by atoms with van der Waals surface area (Å²) in [7, 11) is 3.67. The number of aromatic nitrogens is 6. The Kier molecular flexibility index (Phi) is 4.24. The van der Waals surface area contributed by atoms with E-state index >= 15 is 0 Å². The molecule has 5 rings (SSSR count). The van der Waals surface area contributed by atoms with Gasteiger partial charge in [0.1, 0.15) is 11.3 Å². The quantitative estimate of drug-likeness (QED) is 0.459. The zero-order valence-corrected chi connectivity index (χ0v) is 17.4. The molecule has 0 aliphatic carbocycles. The van der Waals surface area contributed by atoms with Crippen molar-refractivity contribution in [3.8, 4) is 11.7 Å². The van der Waals surface area contributed by atoms with Gasteiger partial charge >= 0.3 is 0 Å². The molecule has 0 saturated heterocycles. The van der Waals surface area contributed by atoms with Gasteiger partial charge in [-0.2, -0.15) is 10.1 Å². The van der Waals surface area contributed by atoms with Crippen molar-refractivity contribution in [3.63, 3.8) is 0 Å². The number of methoxy groups -OCH3 is 1. The number of hydrogen-bond acceptors (Lipinski definition) is 5. The Morgan fingerprint density at radius 3 is 2.50 bits per heavy atom. The molecule has 0 saturated carbocycles. The second-order valence-electron chi connectivity index (χ2n) is 7.45. The van der Waals surface area contributed by atoms with Gasteiger partial charge in [0.25, 0.3) is 5.95 Å². The zero-order chi connectivity index (χ0) is 20.8. The highest BCUT2D eigenvalue weighted by molar-refractivity contribution is 6.03. The molecule has 0 unspecified atom stereocenters. The molecule has 0 radical (unpaired) electrons. The molecule has 0 atom stereocenters. The van der Waals surface area contributed by atoms with E-state index in [0.717, 1.165) is 45.6 Å². The number of ether oxygens (including phenoxy) is 1. The lowest BCUT2D eigenvalue weighted by molar-refractivity contribution is 0.414. The average molecular weight is 398 g/mol. The Morgan fingerprint density at radius 1 is 0.967 bits per heavy atom. The Bertz CT molecular complexity index is 1380. The monoisotopic (exact) mass is 398 g/mol. The number of nitrogens with zero attached hydrogens (tertiary/aromatic N) is 6. The molecule has 0 bridgehead atoms. The van der Waals surface area contributed by atoms with Crippen LogP contribution in [0.15, 0.2) is 48.5 Å². The second kappa shape index (κ2) is 6.95. The molecule has 7 nitrogen and oxygen atoms in total. The van der Waals surface area contributed by atoms with Crippen LogP contribution in [0.4, 0.5) is 0 Å². The third-order valence-corrected chi connectivity index (χ3v) is 5.67. The summed E-state index contributed by atoms with van der Waals surface area (Å²) in [6.45, 7) is 4.07. The molecule has 7 heteroatoms. The smallest absolute Gasteiger partial charge is 0.272 e. The first-order valence-corrected chi connectivity index (χ1v) is 9.83. The van der Waals surface area contributed by atoms with Crippen LogP contribution in [0.5, 0.6) is 5.75 Å². The summed E-state index contributed by atoms with van der Waals surface area (Å²) in [4.78, 5) is 4.80. The van der Waals surface area contributed by atoms with Crippen molar-refractivity contribution in [1.82, 2.24) is 29.5 Å². The minimum absolute atomic E-state index is 0.481. The Balaban J connectivity index is 1.57. The van der Waals surface area contributed by atoms with E-state index in [9.17, 15) is 0 Å². The number of hydrogen-bond donors (Lipinski definition) is 0. The highest BCUT2D eigenvalue weighted by atomic mass is 16.5. The summed E-state index contributed by atoms with van der Waals surface area (Å²) in [5, 5.41) is 14.6. The first-order chi connectivity index (χ1) is 14.6. The largest absolute Gasteiger partial charge is 0.497 e. The third-order valence-electron chi connectivity index (χ3n) is 5.67. The lowest BCUT2D eigenvalue weighted by Gasteiger charge is -2.06. The fourth-order valence-corrected chi connectivity index (χ4v) is 3.96. The van der Waals surface area contributed by atoms with Gasteiger partial charge < -0.3 is 9.30 Å². The van der Waals surface area contributed by atoms with Gasteiger partial charge in [0, 0.05) is 30.1 Å². The van der Waals surface area contributed by atoms with Gasteiger partial charge in [-0.1, -0.05) is 30.3 Å². The average Bonchev–Trinajstić information content (AvgIpc) is 3.23. The predicted molar refractivity (Wildman–Crippen MR) is 116 cm³/mol. The van der Waals surface area contributed by atoms with Gasteiger partial charge in [0.05, 0.1) is 18.3 Å². The lowest BCUT2D eigenvalue weighted by atomic mass is 10.0. The van der Waals surface area contributed by atoms with Gasteiger partial charge in [0.15, 0.2) is 5.65 Å². The number of benzene rings is 2. The molecule has 3 aromatic heterocycles. The molecule has 30 heavy (non-hydrogen) atoms. The van der Waals surface area contributed by atoms with Crippen LogP contribution in [0, 0.1) is 13.8 Å². The van der Waals surface area contributed by atoms with Gasteiger partial charge in [-0.05, 0) is 37.6 Å². The van der Waals surface area contributed by atoms with E-state index in [1.807, 2.05) is 55.8 Å². The number of rotatable bonds is 4. The fourth-order valence-electron chi connectivity index (χ4n) is 3.96. The maximum Gasteiger partial charge on any atom is 0.272 e. The summed E-state index contributed by atoms with van der Waals surface area (Å²) in [5.41, 5.74) is 7.03. The SMILES string of the molecule is COc1ccc(Cc2c(C)nn(-c3nnc4c5ccccc5n(C)c4n3)c2C)cc1. The standard InChI is InChI=1S/C23H22N6O/c1-14-19(13-16-9-11-17(30-4)12-10-16)15(2)29(27-14)23-24-22-21(25-26-23)18-7-5-6-8-20(18)28(22)3/h5-12H,13H2,1-4H3. The van der Waals surface area contributed by atoms with Crippen LogP contribution in [-0.2, 0) is 13.5 Å². The van der Waals surface area contributed by atoms with Crippen molar-refractivity contribution in [3.05, 3.63) is 71.0 Å². The van der Waals surface area contributed by atoms with Crippen LogP contribution in [0.2, 0.25) is 0 Å². The highest BCUT2D eigenvalue weighted by Gasteiger charge is 2.18. The van der Waals surface area contributed by atoms with Gasteiger partial charge in [-0.3, -0.25) is 0 Å². The number of para-hydroxylation sites is 1. The Hall–Kier alpha value is -3.74.